The van der Waals surface area contributed by atoms with E-state index in [1.165, 1.54) is 7.11 Å². The number of halogens is 2. The van der Waals surface area contributed by atoms with E-state index in [0.717, 1.165) is 12.1 Å². The normalized spacial score (nSPS) is 12.3. The Labute approximate surface area is 86.9 Å². The molecule has 4 heteroatoms. The average Bonchev–Trinajstić information content (AvgIpc) is 2.21. The van der Waals surface area contributed by atoms with Gasteiger partial charge in [0.2, 0.25) is 0 Å². The van der Waals surface area contributed by atoms with Crippen LogP contribution in [0.5, 0.6) is 5.75 Å². The van der Waals surface area contributed by atoms with E-state index >= 15 is 0 Å². The van der Waals surface area contributed by atoms with Gasteiger partial charge >= 0.3 is 0 Å². The molecule has 0 aliphatic carbocycles. The zero-order valence-corrected chi connectivity index (χ0v) is 8.59. The van der Waals surface area contributed by atoms with Gasteiger partial charge in [0.15, 0.2) is 11.6 Å². The molecule has 0 aromatic heterocycles. The highest BCUT2D eigenvalue weighted by atomic mass is 19.1. The van der Waals surface area contributed by atoms with Crippen molar-refractivity contribution in [1.82, 2.24) is 0 Å². The van der Waals surface area contributed by atoms with Crippen molar-refractivity contribution < 1.29 is 18.3 Å². The summed E-state index contributed by atoms with van der Waals surface area (Å²) in [6.45, 7) is 1.65. The minimum Gasteiger partial charge on any atom is -0.493 e. The zero-order chi connectivity index (χ0) is 11.4. The topological polar surface area (TPSA) is 26.3 Å². The first-order valence-electron chi connectivity index (χ1n) is 4.57. The number of rotatable bonds is 4. The minimum atomic E-state index is -0.619. The lowest BCUT2D eigenvalue weighted by Gasteiger charge is -2.14. The number of aldehydes is 1. The van der Waals surface area contributed by atoms with Crippen molar-refractivity contribution in [3.8, 4) is 5.75 Å². The Balaban J connectivity index is 3.23. The molecule has 0 radical (unpaired) electrons. The highest BCUT2D eigenvalue weighted by Crippen LogP contribution is 2.32. The third-order valence-electron chi connectivity index (χ3n) is 2.24. The van der Waals surface area contributed by atoms with E-state index in [2.05, 4.69) is 0 Å². The van der Waals surface area contributed by atoms with E-state index in [9.17, 15) is 13.6 Å². The van der Waals surface area contributed by atoms with Crippen LogP contribution in [-0.4, -0.2) is 13.4 Å². The summed E-state index contributed by atoms with van der Waals surface area (Å²) in [5.74, 6) is -1.69. The molecule has 2 nitrogen and oxygen atoms in total. The molecule has 0 aliphatic rings. The lowest BCUT2D eigenvalue weighted by molar-refractivity contribution is -0.108. The smallest absolute Gasteiger partial charge is 0.165 e. The van der Waals surface area contributed by atoms with Crippen molar-refractivity contribution in [1.29, 1.82) is 0 Å². The monoisotopic (exact) mass is 214 g/mol. The molecule has 0 heterocycles. The summed E-state index contributed by atoms with van der Waals surface area (Å²) in [5.41, 5.74) is 0.115. The van der Waals surface area contributed by atoms with Gasteiger partial charge in [0.05, 0.1) is 7.11 Å². The molecule has 1 atom stereocenters. The Morgan fingerprint density at radius 2 is 2.00 bits per heavy atom. The fourth-order valence-electron chi connectivity index (χ4n) is 1.48. The first-order chi connectivity index (χ1) is 7.11. The fraction of sp³-hybridized carbons (Fsp3) is 0.364. The lowest BCUT2D eigenvalue weighted by Crippen LogP contribution is -2.03. The summed E-state index contributed by atoms with van der Waals surface area (Å²) < 4.78 is 31.5. The van der Waals surface area contributed by atoms with Gasteiger partial charge in [-0.05, 0) is 18.1 Å². The standard InChI is InChI=1S/C11H12F2O2/c1-7(5-6-14)10-8(12)3-4-9(13)11(10)15-2/h3-4,6-7H,5H2,1-2H3. The van der Waals surface area contributed by atoms with Crippen LogP contribution in [0.2, 0.25) is 0 Å². The average molecular weight is 214 g/mol. The zero-order valence-electron chi connectivity index (χ0n) is 8.59. The van der Waals surface area contributed by atoms with Crippen LogP contribution in [0, 0.1) is 11.6 Å². The van der Waals surface area contributed by atoms with Crippen molar-refractivity contribution in [3.63, 3.8) is 0 Å². The van der Waals surface area contributed by atoms with Gasteiger partial charge in [-0.2, -0.15) is 0 Å². The second-order valence-electron chi connectivity index (χ2n) is 3.28. The van der Waals surface area contributed by atoms with Gasteiger partial charge in [-0.25, -0.2) is 8.78 Å². The van der Waals surface area contributed by atoms with Crippen LogP contribution in [-0.2, 0) is 4.79 Å². The summed E-state index contributed by atoms with van der Waals surface area (Å²) in [7, 11) is 1.27. The SMILES string of the molecule is COc1c(F)ccc(F)c1C(C)CC=O. The van der Waals surface area contributed by atoms with Crippen LogP contribution < -0.4 is 4.74 Å². The van der Waals surface area contributed by atoms with Crippen molar-refractivity contribution in [2.24, 2.45) is 0 Å². The van der Waals surface area contributed by atoms with Gasteiger partial charge in [-0.15, -0.1) is 0 Å². The predicted octanol–water partition coefficient (Wildman–Crippen LogP) is 2.67. The number of methoxy groups -OCH3 is 1. The minimum absolute atomic E-state index is 0.115. The Morgan fingerprint density at radius 3 is 2.53 bits per heavy atom. The highest BCUT2D eigenvalue weighted by Gasteiger charge is 2.19. The Bertz CT molecular complexity index is 364. The molecule has 0 bridgehead atoms. The van der Waals surface area contributed by atoms with Crippen LogP contribution in [0.4, 0.5) is 8.78 Å². The van der Waals surface area contributed by atoms with Crippen LogP contribution in [0.25, 0.3) is 0 Å². The molecule has 0 spiro atoms. The number of carbonyl (C=O) groups excluding carboxylic acids is 1. The molecule has 1 rings (SSSR count). The van der Waals surface area contributed by atoms with Crippen LogP contribution in [0.1, 0.15) is 24.8 Å². The quantitative estimate of drug-likeness (QED) is 0.720. The lowest BCUT2D eigenvalue weighted by atomic mass is 9.96. The molecule has 15 heavy (non-hydrogen) atoms. The molecule has 0 saturated heterocycles. The summed E-state index contributed by atoms with van der Waals surface area (Å²) in [6, 6.07) is 2.04. The molecule has 0 amide bonds. The summed E-state index contributed by atoms with van der Waals surface area (Å²) in [4.78, 5) is 10.3. The maximum atomic E-state index is 13.4. The van der Waals surface area contributed by atoms with E-state index in [1.807, 2.05) is 0 Å². The molecule has 0 fully saturated rings. The number of ether oxygens (including phenoxy) is 1. The molecular weight excluding hydrogens is 202 g/mol. The van der Waals surface area contributed by atoms with Crippen molar-refractivity contribution in [2.75, 3.05) is 7.11 Å². The summed E-state index contributed by atoms with van der Waals surface area (Å²) in [6.07, 6.45) is 0.811. The van der Waals surface area contributed by atoms with Gasteiger partial charge in [0.1, 0.15) is 12.1 Å². The van der Waals surface area contributed by atoms with E-state index < -0.39 is 17.6 Å². The third kappa shape index (κ3) is 2.32. The van der Waals surface area contributed by atoms with Crippen LogP contribution >= 0.6 is 0 Å². The molecule has 1 aromatic carbocycles. The van der Waals surface area contributed by atoms with E-state index in [-0.39, 0.29) is 17.7 Å². The number of carbonyl (C=O) groups is 1. The van der Waals surface area contributed by atoms with Crippen molar-refractivity contribution in [3.05, 3.63) is 29.3 Å². The second-order valence-corrected chi connectivity index (χ2v) is 3.28. The largest absolute Gasteiger partial charge is 0.493 e. The van der Waals surface area contributed by atoms with Gasteiger partial charge in [0, 0.05) is 12.0 Å². The Kier molecular flexibility index (Phi) is 3.77. The molecule has 0 aliphatic heterocycles. The summed E-state index contributed by atoms with van der Waals surface area (Å²) in [5, 5.41) is 0. The Hall–Kier alpha value is -1.45. The van der Waals surface area contributed by atoms with Crippen LogP contribution in [0.3, 0.4) is 0 Å². The Morgan fingerprint density at radius 1 is 1.40 bits per heavy atom. The van der Waals surface area contributed by atoms with Gasteiger partial charge < -0.3 is 9.53 Å². The van der Waals surface area contributed by atoms with Crippen LogP contribution in [0.15, 0.2) is 12.1 Å². The van der Waals surface area contributed by atoms with Gasteiger partial charge in [0.25, 0.3) is 0 Å². The molecule has 82 valence electrons. The second kappa shape index (κ2) is 4.87. The highest BCUT2D eigenvalue weighted by molar-refractivity contribution is 5.53. The van der Waals surface area contributed by atoms with E-state index in [4.69, 9.17) is 4.74 Å². The van der Waals surface area contributed by atoms with E-state index in [0.29, 0.717) is 6.29 Å². The molecule has 0 N–H and O–H groups in total. The molecule has 0 saturated carbocycles. The number of hydrogen-bond donors (Lipinski definition) is 0. The maximum absolute atomic E-state index is 13.4. The first kappa shape index (κ1) is 11.6. The predicted molar refractivity (Wildman–Crippen MR) is 52.0 cm³/mol. The molecule has 1 unspecified atom stereocenters. The number of benzene rings is 1. The van der Waals surface area contributed by atoms with Gasteiger partial charge in [-0.1, -0.05) is 6.92 Å². The maximum Gasteiger partial charge on any atom is 0.165 e. The molecule has 1 aromatic rings. The molecular formula is C11H12F2O2. The third-order valence-corrected chi connectivity index (χ3v) is 2.24. The van der Waals surface area contributed by atoms with Crippen molar-refractivity contribution in [2.45, 2.75) is 19.3 Å². The first-order valence-corrected chi connectivity index (χ1v) is 4.57. The van der Waals surface area contributed by atoms with E-state index in [1.54, 1.807) is 6.92 Å². The van der Waals surface area contributed by atoms with Crippen molar-refractivity contribution >= 4 is 6.29 Å². The van der Waals surface area contributed by atoms with Gasteiger partial charge in [-0.3, -0.25) is 0 Å². The number of hydrogen-bond acceptors (Lipinski definition) is 2. The summed E-state index contributed by atoms with van der Waals surface area (Å²) >= 11 is 0. The fourth-order valence-corrected chi connectivity index (χ4v) is 1.48.